The third-order valence-corrected chi connectivity index (χ3v) is 4.21. The van der Waals surface area contributed by atoms with Crippen molar-refractivity contribution in [2.24, 2.45) is 7.05 Å². The SMILES string of the molecule is Cc1nn(C)c(C)c1[C@@H](OC(=O)c1sccc1C#N)C(F)(F)F. The molecule has 2 rings (SSSR count). The molecule has 1 atom stereocenters. The Kier molecular flexibility index (Phi) is 4.47. The molecular formula is C14H12F3N3O2S. The molecule has 0 spiro atoms. The summed E-state index contributed by atoms with van der Waals surface area (Å²) in [6.07, 6.45) is -7.23. The van der Waals surface area contributed by atoms with Crippen molar-refractivity contribution in [1.29, 1.82) is 5.26 Å². The second-order valence-corrected chi connectivity index (χ2v) is 5.73. The lowest BCUT2D eigenvalue weighted by Crippen LogP contribution is -2.27. The number of alkyl halides is 3. The number of ether oxygens (including phenoxy) is 1. The molecule has 0 N–H and O–H groups in total. The van der Waals surface area contributed by atoms with Gasteiger partial charge in [-0.05, 0) is 25.3 Å². The summed E-state index contributed by atoms with van der Waals surface area (Å²) in [5, 5.41) is 14.2. The van der Waals surface area contributed by atoms with E-state index in [1.165, 1.54) is 37.0 Å². The summed E-state index contributed by atoms with van der Waals surface area (Å²) < 4.78 is 46.2. The lowest BCUT2D eigenvalue weighted by Gasteiger charge is -2.21. The number of hydrogen-bond donors (Lipinski definition) is 0. The molecule has 0 radical (unpaired) electrons. The second kappa shape index (κ2) is 6.04. The lowest BCUT2D eigenvalue weighted by atomic mass is 10.1. The van der Waals surface area contributed by atoms with E-state index in [4.69, 9.17) is 10.00 Å². The predicted molar refractivity (Wildman–Crippen MR) is 75.9 cm³/mol. The van der Waals surface area contributed by atoms with Gasteiger partial charge in [-0.15, -0.1) is 11.3 Å². The molecule has 9 heteroatoms. The number of nitrogens with zero attached hydrogens (tertiary/aromatic N) is 3. The van der Waals surface area contributed by atoms with Crippen molar-refractivity contribution in [3.8, 4) is 6.07 Å². The summed E-state index contributed by atoms with van der Waals surface area (Å²) in [6.45, 7) is 2.88. The van der Waals surface area contributed by atoms with E-state index in [2.05, 4.69) is 5.10 Å². The van der Waals surface area contributed by atoms with Gasteiger partial charge in [0.25, 0.3) is 0 Å². The van der Waals surface area contributed by atoms with Gasteiger partial charge in [0.15, 0.2) is 0 Å². The van der Waals surface area contributed by atoms with Gasteiger partial charge >= 0.3 is 12.1 Å². The number of esters is 1. The van der Waals surface area contributed by atoms with Crippen molar-refractivity contribution in [3.63, 3.8) is 0 Å². The second-order valence-electron chi connectivity index (χ2n) is 4.81. The van der Waals surface area contributed by atoms with E-state index in [-0.39, 0.29) is 27.4 Å². The van der Waals surface area contributed by atoms with Crippen LogP contribution in [0.1, 0.15) is 38.3 Å². The molecule has 0 amide bonds. The van der Waals surface area contributed by atoms with Crippen LogP contribution in [0.4, 0.5) is 13.2 Å². The molecule has 0 unspecified atom stereocenters. The van der Waals surface area contributed by atoms with E-state index in [0.29, 0.717) is 0 Å². The van der Waals surface area contributed by atoms with Crippen LogP contribution < -0.4 is 0 Å². The highest BCUT2D eigenvalue weighted by atomic mass is 32.1. The molecule has 0 saturated heterocycles. The Morgan fingerprint density at radius 3 is 2.61 bits per heavy atom. The van der Waals surface area contributed by atoms with Gasteiger partial charge in [-0.3, -0.25) is 4.68 Å². The number of halogens is 3. The fourth-order valence-electron chi connectivity index (χ4n) is 2.17. The summed E-state index contributed by atoms with van der Waals surface area (Å²) in [6, 6.07) is 3.10. The van der Waals surface area contributed by atoms with Crippen LogP contribution in [0.5, 0.6) is 0 Å². The predicted octanol–water partition coefficient (Wildman–Crippen LogP) is 3.43. The first-order chi connectivity index (χ1) is 10.7. The molecular weight excluding hydrogens is 331 g/mol. The van der Waals surface area contributed by atoms with Gasteiger partial charge in [0.1, 0.15) is 10.9 Å². The van der Waals surface area contributed by atoms with Crippen LogP contribution in [-0.4, -0.2) is 21.9 Å². The van der Waals surface area contributed by atoms with E-state index in [0.717, 1.165) is 11.3 Å². The number of thiophene rings is 1. The minimum Gasteiger partial charge on any atom is -0.443 e. The number of rotatable bonds is 3. The van der Waals surface area contributed by atoms with Gasteiger partial charge in [0, 0.05) is 18.3 Å². The maximum absolute atomic E-state index is 13.4. The molecule has 2 heterocycles. The maximum atomic E-state index is 13.4. The summed E-state index contributed by atoms with van der Waals surface area (Å²) >= 11 is 0.858. The van der Waals surface area contributed by atoms with Crippen molar-refractivity contribution in [2.75, 3.05) is 0 Å². The maximum Gasteiger partial charge on any atom is 0.430 e. The third kappa shape index (κ3) is 3.22. The van der Waals surface area contributed by atoms with E-state index in [1.54, 1.807) is 6.07 Å². The Balaban J connectivity index is 2.42. The van der Waals surface area contributed by atoms with Crippen molar-refractivity contribution in [2.45, 2.75) is 26.1 Å². The molecule has 0 aliphatic carbocycles. The average molecular weight is 343 g/mol. The van der Waals surface area contributed by atoms with Crippen LogP contribution in [0.15, 0.2) is 11.4 Å². The van der Waals surface area contributed by atoms with Crippen LogP contribution in [0, 0.1) is 25.2 Å². The lowest BCUT2D eigenvalue weighted by molar-refractivity contribution is -0.207. The highest BCUT2D eigenvalue weighted by molar-refractivity contribution is 7.12. The number of aromatic nitrogens is 2. The monoisotopic (exact) mass is 343 g/mol. The zero-order valence-electron chi connectivity index (χ0n) is 12.4. The molecule has 0 bridgehead atoms. The Bertz CT molecular complexity index is 786. The minimum absolute atomic E-state index is 0.0134. The van der Waals surface area contributed by atoms with Gasteiger partial charge in [-0.25, -0.2) is 4.79 Å². The molecule has 0 aliphatic heterocycles. The minimum atomic E-state index is -4.79. The van der Waals surface area contributed by atoms with Gasteiger partial charge < -0.3 is 4.74 Å². The molecule has 2 aromatic rings. The molecule has 2 aromatic heterocycles. The first kappa shape index (κ1) is 17.0. The van der Waals surface area contributed by atoms with Crippen molar-refractivity contribution in [1.82, 2.24) is 9.78 Å². The molecule has 23 heavy (non-hydrogen) atoms. The van der Waals surface area contributed by atoms with Crippen LogP contribution >= 0.6 is 11.3 Å². The zero-order valence-corrected chi connectivity index (χ0v) is 13.2. The zero-order chi connectivity index (χ0) is 17.4. The molecule has 5 nitrogen and oxygen atoms in total. The number of carbonyl (C=O) groups excluding carboxylic acids is 1. The van der Waals surface area contributed by atoms with Crippen LogP contribution in [0.25, 0.3) is 0 Å². The fraction of sp³-hybridized carbons (Fsp3) is 0.357. The largest absolute Gasteiger partial charge is 0.443 e. The van der Waals surface area contributed by atoms with Gasteiger partial charge in [-0.1, -0.05) is 0 Å². The number of aryl methyl sites for hydroxylation is 2. The highest BCUT2D eigenvalue weighted by Gasteiger charge is 2.47. The topological polar surface area (TPSA) is 67.9 Å². The summed E-state index contributed by atoms with van der Waals surface area (Å²) in [4.78, 5) is 11.9. The summed E-state index contributed by atoms with van der Waals surface area (Å²) in [7, 11) is 1.51. The highest BCUT2D eigenvalue weighted by Crippen LogP contribution is 2.39. The quantitative estimate of drug-likeness (QED) is 0.801. The molecule has 0 aliphatic rings. The van der Waals surface area contributed by atoms with Crippen molar-refractivity contribution >= 4 is 17.3 Å². The Morgan fingerprint density at radius 1 is 1.48 bits per heavy atom. The van der Waals surface area contributed by atoms with Crippen molar-refractivity contribution in [3.05, 3.63) is 38.8 Å². The van der Waals surface area contributed by atoms with Gasteiger partial charge in [-0.2, -0.15) is 23.5 Å². The number of nitriles is 1. The molecule has 0 saturated carbocycles. The van der Waals surface area contributed by atoms with Crippen LogP contribution in [-0.2, 0) is 11.8 Å². The summed E-state index contributed by atoms with van der Waals surface area (Å²) in [5.74, 6) is -1.18. The summed E-state index contributed by atoms with van der Waals surface area (Å²) in [5.41, 5.74) is 0.181. The van der Waals surface area contributed by atoms with E-state index >= 15 is 0 Å². The first-order valence-electron chi connectivity index (χ1n) is 6.42. The fourth-order valence-corrected chi connectivity index (χ4v) is 2.90. The van der Waals surface area contributed by atoms with Crippen LogP contribution in [0.3, 0.4) is 0 Å². The van der Waals surface area contributed by atoms with E-state index in [1.807, 2.05) is 0 Å². The molecule has 0 aromatic carbocycles. The Hall–Kier alpha value is -2.34. The molecule has 0 fully saturated rings. The Morgan fingerprint density at radius 2 is 2.13 bits per heavy atom. The number of carbonyl (C=O) groups is 1. The standard InChI is InChI=1S/C14H12F3N3O2S/c1-7-10(8(2)20(3)19-7)12(14(15,16)17)22-13(21)11-9(6-18)4-5-23-11/h4-5,12H,1-3H3/t12-/m1/s1. The van der Waals surface area contributed by atoms with E-state index < -0.39 is 18.2 Å². The van der Waals surface area contributed by atoms with Gasteiger partial charge in [0.2, 0.25) is 6.10 Å². The van der Waals surface area contributed by atoms with Gasteiger partial charge in [0.05, 0.1) is 11.3 Å². The normalized spacial score (nSPS) is 12.7. The Labute approximate surface area is 133 Å². The smallest absolute Gasteiger partial charge is 0.430 e. The molecule has 122 valence electrons. The number of hydrogen-bond acceptors (Lipinski definition) is 5. The van der Waals surface area contributed by atoms with Crippen LogP contribution in [0.2, 0.25) is 0 Å². The van der Waals surface area contributed by atoms with Crippen molar-refractivity contribution < 1.29 is 22.7 Å². The average Bonchev–Trinajstić information content (AvgIpc) is 3.01. The van der Waals surface area contributed by atoms with E-state index in [9.17, 15) is 18.0 Å². The first-order valence-corrected chi connectivity index (χ1v) is 7.30. The third-order valence-electron chi connectivity index (χ3n) is 3.32.